The Bertz CT molecular complexity index is 971. The van der Waals surface area contributed by atoms with Crippen molar-refractivity contribution < 1.29 is 14.4 Å². The molecule has 2 aliphatic rings. The second-order valence-corrected chi connectivity index (χ2v) is 7.76. The van der Waals surface area contributed by atoms with Gasteiger partial charge in [-0.2, -0.15) is 0 Å². The summed E-state index contributed by atoms with van der Waals surface area (Å²) in [5, 5.41) is 5.70. The molecule has 1 aliphatic carbocycles. The van der Waals surface area contributed by atoms with Crippen molar-refractivity contribution in [2.45, 2.75) is 38.1 Å². The Balaban J connectivity index is 1.41. The third-order valence-corrected chi connectivity index (χ3v) is 5.93. The minimum absolute atomic E-state index is 0.262. The van der Waals surface area contributed by atoms with E-state index in [1.807, 2.05) is 55.5 Å². The molecular weight excluding hydrogens is 366 g/mol. The number of amides is 4. The third kappa shape index (κ3) is 3.50. The highest BCUT2D eigenvalue weighted by Crippen LogP contribution is 2.39. The molecule has 0 bridgehead atoms. The van der Waals surface area contributed by atoms with Crippen LogP contribution in [0, 0.1) is 6.92 Å². The van der Waals surface area contributed by atoms with Crippen LogP contribution in [-0.2, 0) is 28.0 Å². The number of carbonyl (C=O) groups excluding carboxylic acids is 3. The molecule has 4 amide bonds. The number of imide groups is 1. The Labute approximate surface area is 170 Å². The van der Waals surface area contributed by atoms with E-state index in [1.165, 1.54) is 11.1 Å². The van der Waals surface area contributed by atoms with Gasteiger partial charge in [-0.1, -0.05) is 48.5 Å². The fourth-order valence-electron chi connectivity index (χ4n) is 4.38. The van der Waals surface area contributed by atoms with Crippen LogP contribution in [0.2, 0.25) is 0 Å². The standard InChI is InChI=1S/C23H25N3O3/c1-16-7-2-3-8-17(16)12-14-24-20(27)15-26-21(28)23(25-22(26)29)13-6-10-18-9-4-5-11-19(18)23/h2-5,7-9,11H,6,10,12-15H2,1H3,(H,24,27)(H,25,29)/t23-/m0/s1. The summed E-state index contributed by atoms with van der Waals surface area (Å²) in [7, 11) is 0. The van der Waals surface area contributed by atoms with Crippen molar-refractivity contribution in [2.75, 3.05) is 13.1 Å². The van der Waals surface area contributed by atoms with Crippen molar-refractivity contribution in [1.29, 1.82) is 0 Å². The van der Waals surface area contributed by atoms with Gasteiger partial charge in [-0.05, 0) is 54.9 Å². The molecule has 6 nitrogen and oxygen atoms in total. The van der Waals surface area contributed by atoms with E-state index >= 15 is 0 Å². The number of carbonyl (C=O) groups is 3. The van der Waals surface area contributed by atoms with E-state index in [9.17, 15) is 14.4 Å². The maximum Gasteiger partial charge on any atom is 0.325 e. The molecule has 29 heavy (non-hydrogen) atoms. The third-order valence-electron chi connectivity index (χ3n) is 5.93. The fourth-order valence-corrected chi connectivity index (χ4v) is 4.38. The molecule has 2 N–H and O–H groups in total. The first-order chi connectivity index (χ1) is 14.0. The summed E-state index contributed by atoms with van der Waals surface area (Å²) >= 11 is 0. The van der Waals surface area contributed by atoms with Crippen LogP contribution in [0.5, 0.6) is 0 Å². The molecule has 0 aromatic heterocycles. The molecule has 0 saturated carbocycles. The lowest BCUT2D eigenvalue weighted by Crippen LogP contribution is -2.47. The molecule has 0 unspecified atom stereocenters. The van der Waals surface area contributed by atoms with E-state index in [1.54, 1.807) is 0 Å². The SMILES string of the molecule is Cc1ccccc1CCNC(=O)CN1C(=O)N[C@]2(CCCc3ccccc32)C1=O. The van der Waals surface area contributed by atoms with Gasteiger partial charge in [-0.3, -0.25) is 14.5 Å². The Morgan fingerprint density at radius 2 is 1.90 bits per heavy atom. The molecule has 1 fully saturated rings. The van der Waals surface area contributed by atoms with Crippen LogP contribution in [-0.4, -0.2) is 35.8 Å². The van der Waals surface area contributed by atoms with Crippen LogP contribution < -0.4 is 10.6 Å². The van der Waals surface area contributed by atoms with Crippen molar-refractivity contribution in [2.24, 2.45) is 0 Å². The summed E-state index contributed by atoms with van der Waals surface area (Å²) in [5.41, 5.74) is 3.24. The van der Waals surface area contributed by atoms with E-state index in [2.05, 4.69) is 10.6 Å². The van der Waals surface area contributed by atoms with Crippen molar-refractivity contribution in [3.63, 3.8) is 0 Å². The van der Waals surface area contributed by atoms with Crippen LogP contribution >= 0.6 is 0 Å². The van der Waals surface area contributed by atoms with Crippen LogP contribution in [0.3, 0.4) is 0 Å². The number of aryl methyl sites for hydroxylation is 2. The zero-order valence-corrected chi connectivity index (χ0v) is 16.5. The Hall–Kier alpha value is -3.15. The molecule has 1 heterocycles. The van der Waals surface area contributed by atoms with Gasteiger partial charge in [-0.15, -0.1) is 0 Å². The van der Waals surface area contributed by atoms with Gasteiger partial charge in [0.05, 0.1) is 0 Å². The second kappa shape index (κ2) is 7.70. The molecule has 1 atom stereocenters. The molecule has 6 heteroatoms. The first-order valence-corrected chi connectivity index (χ1v) is 10.0. The van der Waals surface area contributed by atoms with Gasteiger partial charge in [0.2, 0.25) is 5.91 Å². The maximum atomic E-state index is 13.2. The summed E-state index contributed by atoms with van der Waals surface area (Å²) in [5.74, 6) is -0.660. The highest BCUT2D eigenvalue weighted by atomic mass is 16.2. The average Bonchev–Trinajstić information content (AvgIpc) is 2.94. The molecule has 4 rings (SSSR count). The number of nitrogens with zero attached hydrogens (tertiary/aromatic N) is 1. The fraction of sp³-hybridized carbons (Fsp3) is 0.348. The number of rotatable bonds is 5. The average molecular weight is 391 g/mol. The lowest BCUT2D eigenvalue weighted by molar-refractivity contribution is -0.135. The van der Waals surface area contributed by atoms with Crippen LogP contribution in [0.25, 0.3) is 0 Å². The van der Waals surface area contributed by atoms with Crippen molar-refractivity contribution >= 4 is 17.8 Å². The Kier molecular flexibility index (Phi) is 5.09. The summed E-state index contributed by atoms with van der Waals surface area (Å²) in [6.45, 7) is 2.23. The van der Waals surface area contributed by atoms with E-state index in [0.29, 0.717) is 19.4 Å². The predicted octanol–water partition coefficient (Wildman–Crippen LogP) is 2.44. The van der Waals surface area contributed by atoms with E-state index in [-0.39, 0.29) is 18.4 Å². The minimum Gasteiger partial charge on any atom is -0.354 e. The van der Waals surface area contributed by atoms with Gasteiger partial charge in [0.25, 0.3) is 5.91 Å². The van der Waals surface area contributed by atoms with Gasteiger partial charge < -0.3 is 10.6 Å². The lowest BCUT2D eigenvalue weighted by Gasteiger charge is -2.33. The molecular formula is C23H25N3O3. The summed E-state index contributed by atoms with van der Waals surface area (Å²) in [6.07, 6.45) is 2.97. The van der Waals surface area contributed by atoms with Crippen LogP contribution in [0.15, 0.2) is 48.5 Å². The highest BCUT2D eigenvalue weighted by molar-refractivity contribution is 6.09. The van der Waals surface area contributed by atoms with Gasteiger partial charge in [-0.25, -0.2) is 4.79 Å². The smallest absolute Gasteiger partial charge is 0.325 e. The van der Waals surface area contributed by atoms with E-state index in [0.717, 1.165) is 28.9 Å². The van der Waals surface area contributed by atoms with E-state index < -0.39 is 11.6 Å². The van der Waals surface area contributed by atoms with Crippen molar-refractivity contribution in [3.05, 3.63) is 70.8 Å². The second-order valence-electron chi connectivity index (χ2n) is 7.76. The van der Waals surface area contributed by atoms with Gasteiger partial charge >= 0.3 is 6.03 Å². The quantitative estimate of drug-likeness (QED) is 0.769. The van der Waals surface area contributed by atoms with Gasteiger partial charge in [0, 0.05) is 6.54 Å². The topological polar surface area (TPSA) is 78.5 Å². The van der Waals surface area contributed by atoms with E-state index in [4.69, 9.17) is 0 Å². The number of benzene rings is 2. The molecule has 1 saturated heterocycles. The molecule has 0 radical (unpaired) electrons. The van der Waals surface area contributed by atoms with Gasteiger partial charge in [0.1, 0.15) is 12.1 Å². The normalized spacial score (nSPS) is 20.5. The van der Waals surface area contributed by atoms with Crippen LogP contribution in [0.4, 0.5) is 4.79 Å². The zero-order valence-electron chi connectivity index (χ0n) is 16.5. The highest BCUT2D eigenvalue weighted by Gasteiger charge is 2.54. The molecule has 2 aromatic rings. The Morgan fingerprint density at radius 1 is 1.14 bits per heavy atom. The lowest BCUT2D eigenvalue weighted by atomic mass is 9.76. The number of urea groups is 1. The molecule has 150 valence electrons. The Morgan fingerprint density at radius 3 is 2.72 bits per heavy atom. The molecule has 2 aromatic carbocycles. The number of hydrogen-bond acceptors (Lipinski definition) is 3. The monoisotopic (exact) mass is 391 g/mol. The number of hydrogen-bond donors (Lipinski definition) is 2. The zero-order chi connectivity index (χ0) is 20.4. The van der Waals surface area contributed by atoms with Crippen molar-refractivity contribution in [3.8, 4) is 0 Å². The minimum atomic E-state index is -1.03. The summed E-state index contributed by atoms with van der Waals surface area (Å²) in [6, 6.07) is 15.2. The first kappa shape index (κ1) is 19.2. The molecule has 1 aliphatic heterocycles. The maximum absolute atomic E-state index is 13.2. The largest absolute Gasteiger partial charge is 0.354 e. The van der Waals surface area contributed by atoms with Crippen molar-refractivity contribution in [1.82, 2.24) is 15.5 Å². The van der Waals surface area contributed by atoms with Gasteiger partial charge in [0.15, 0.2) is 0 Å². The summed E-state index contributed by atoms with van der Waals surface area (Å²) in [4.78, 5) is 39.2. The van der Waals surface area contributed by atoms with Crippen LogP contribution in [0.1, 0.15) is 35.1 Å². The number of nitrogens with one attached hydrogen (secondary N) is 2. The number of fused-ring (bicyclic) bond motifs is 2. The first-order valence-electron chi connectivity index (χ1n) is 10.0. The summed E-state index contributed by atoms with van der Waals surface area (Å²) < 4.78 is 0. The predicted molar refractivity (Wildman–Crippen MR) is 109 cm³/mol. The molecule has 1 spiro atoms.